The minimum absolute atomic E-state index is 0.0973. The predicted molar refractivity (Wildman–Crippen MR) is 117 cm³/mol. The van der Waals surface area contributed by atoms with Gasteiger partial charge in [0.15, 0.2) is 5.43 Å². The number of rotatable bonds is 6. The van der Waals surface area contributed by atoms with Crippen LogP contribution in [0.15, 0.2) is 45.6 Å². The minimum Gasteiger partial charge on any atom is -0.462 e. The first-order chi connectivity index (χ1) is 13.9. The van der Waals surface area contributed by atoms with Gasteiger partial charge in [0.2, 0.25) is 0 Å². The third kappa shape index (κ3) is 4.48. The van der Waals surface area contributed by atoms with E-state index in [1.165, 1.54) is 5.56 Å². The van der Waals surface area contributed by atoms with E-state index in [2.05, 4.69) is 32.0 Å². The molecule has 0 spiro atoms. The van der Waals surface area contributed by atoms with Gasteiger partial charge in [-0.05, 0) is 62.6 Å². The van der Waals surface area contributed by atoms with Crippen LogP contribution in [0.2, 0.25) is 0 Å². The van der Waals surface area contributed by atoms with Gasteiger partial charge in [-0.1, -0.05) is 43.2 Å². The van der Waals surface area contributed by atoms with Crippen molar-refractivity contribution in [2.45, 2.75) is 40.5 Å². The standard InChI is InChI=1S/C25H26O4/c1-5-7-20-22(12-10-18-14-16(3)8-9-17(18)4)29-23-13-11-19(25(27)28-6-2)15-21(23)24(20)26/h8-15H,5-7H2,1-4H3. The molecule has 4 heteroatoms. The molecule has 0 atom stereocenters. The number of fused-ring (bicyclic) bond motifs is 1. The van der Waals surface area contributed by atoms with E-state index in [9.17, 15) is 9.59 Å². The Labute approximate surface area is 170 Å². The zero-order chi connectivity index (χ0) is 21.0. The summed E-state index contributed by atoms with van der Waals surface area (Å²) in [6.45, 7) is 8.17. The molecule has 0 aliphatic rings. The number of benzene rings is 2. The summed E-state index contributed by atoms with van der Waals surface area (Å²) in [5, 5.41) is 0.405. The average molecular weight is 390 g/mol. The zero-order valence-corrected chi connectivity index (χ0v) is 17.4. The molecule has 0 radical (unpaired) electrons. The minimum atomic E-state index is -0.440. The van der Waals surface area contributed by atoms with Crippen LogP contribution in [0.3, 0.4) is 0 Å². The van der Waals surface area contributed by atoms with E-state index in [1.54, 1.807) is 25.1 Å². The summed E-state index contributed by atoms with van der Waals surface area (Å²) in [5.74, 6) is 0.124. The Balaban J connectivity index is 2.12. The smallest absolute Gasteiger partial charge is 0.338 e. The Hall–Kier alpha value is -3.14. The van der Waals surface area contributed by atoms with Crippen LogP contribution >= 0.6 is 0 Å². The van der Waals surface area contributed by atoms with Crippen LogP contribution in [0.25, 0.3) is 23.1 Å². The molecule has 0 unspecified atom stereocenters. The second-order valence-electron chi connectivity index (χ2n) is 7.15. The molecule has 1 aromatic heterocycles. The van der Waals surface area contributed by atoms with Crippen LogP contribution in [-0.4, -0.2) is 12.6 Å². The molecule has 1 heterocycles. The maximum atomic E-state index is 13.2. The topological polar surface area (TPSA) is 56.5 Å². The van der Waals surface area contributed by atoms with Crippen LogP contribution in [0.4, 0.5) is 0 Å². The van der Waals surface area contributed by atoms with Crippen molar-refractivity contribution in [2.75, 3.05) is 6.61 Å². The van der Waals surface area contributed by atoms with E-state index in [4.69, 9.17) is 9.15 Å². The molecule has 0 saturated heterocycles. The fraction of sp³-hybridized carbons (Fsp3) is 0.280. The molecule has 0 amide bonds. The largest absolute Gasteiger partial charge is 0.462 e. The summed E-state index contributed by atoms with van der Waals surface area (Å²) >= 11 is 0. The van der Waals surface area contributed by atoms with Crippen LogP contribution in [0.5, 0.6) is 0 Å². The Kier molecular flexibility index (Phi) is 6.32. The number of hydrogen-bond acceptors (Lipinski definition) is 4. The van der Waals surface area contributed by atoms with Crippen molar-refractivity contribution >= 4 is 29.1 Å². The molecule has 0 bridgehead atoms. The first kappa shape index (κ1) is 20.6. The van der Waals surface area contributed by atoms with Crippen molar-refractivity contribution in [2.24, 2.45) is 0 Å². The van der Waals surface area contributed by atoms with Gasteiger partial charge in [0, 0.05) is 5.56 Å². The Morgan fingerprint density at radius 3 is 2.59 bits per heavy atom. The lowest BCUT2D eigenvalue weighted by Crippen LogP contribution is -2.12. The van der Waals surface area contributed by atoms with E-state index in [-0.39, 0.29) is 12.0 Å². The van der Waals surface area contributed by atoms with Gasteiger partial charge in [0.05, 0.1) is 17.6 Å². The first-order valence-electron chi connectivity index (χ1n) is 9.96. The summed E-state index contributed by atoms with van der Waals surface area (Å²) in [6, 6.07) is 11.1. The number of carbonyl (C=O) groups is 1. The molecule has 2 aromatic carbocycles. The van der Waals surface area contributed by atoms with E-state index in [0.717, 1.165) is 17.5 Å². The number of aryl methyl sites for hydroxylation is 2. The predicted octanol–water partition coefficient (Wildman–Crippen LogP) is 5.71. The van der Waals surface area contributed by atoms with E-state index < -0.39 is 5.97 Å². The molecular weight excluding hydrogens is 364 g/mol. The van der Waals surface area contributed by atoms with Gasteiger partial charge in [-0.3, -0.25) is 4.79 Å². The van der Waals surface area contributed by atoms with Crippen molar-refractivity contribution in [3.63, 3.8) is 0 Å². The summed E-state index contributed by atoms with van der Waals surface area (Å²) in [5.41, 5.74) is 4.77. The molecule has 3 rings (SSSR count). The van der Waals surface area contributed by atoms with Crippen LogP contribution < -0.4 is 5.43 Å². The van der Waals surface area contributed by atoms with Crippen LogP contribution in [-0.2, 0) is 11.2 Å². The quantitative estimate of drug-likeness (QED) is 0.506. The molecule has 29 heavy (non-hydrogen) atoms. The third-order valence-corrected chi connectivity index (χ3v) is 4.88. The summed E-state index contributed by atoms with van der Waals surface area (Å²) in [6.07, 6.45) is 5.28. The number of carbonyl (C=O) groups excluding carboxylic acids is 1. The van der Waals surface area contributed by atoms with Gasteiger partial charge >= 0.3 is 5.97 Å². The Bertz CT molecular complexity index is 1140. The summed E-state index contributed by atoms with van der Waals surface area (Å²) in [4.78, 5) is 25.2. The number of hydrogen-bond donors (Lipinski definition) is 0. The average Bonchev–Trinajstić information content (AvgIpc) is 2.71. The van der Waals surface area contributed by atoms with Crippen molar-refractivity contribution in [1.29, 1.82) is 0 Å². The van der Waals surface area contributed by atoms with Crippen LogP contribution in [0, 0.1) is 13.8 Å². The highest BCUT2D eigenvalue weighted by molar-refractivity contribution is 5.94. The highest BCUT2D eigenvalue weighted by Gasteiger charge is 2.15. The van der Waals surface area contributed by atoms with Gasteiger partial charge in [0.25, 0.3) is 0 Å². The fourth-order valence-electron chi connectivity index (χ4n) is 3.32. The highest BCUT2D eigenvalue weighted by Crippen LogP contribution is 2.22. The lowest BCUT2D eigenvalue weighted by atomic mass is 10.0. The molecule has 0 aliphatic carbocycles. The highest BCUT2D eigenvalue weighted by atomic mass is 16.5. The SMILES string of the molecule is CCCc1c(C=Cc2cc(C)ccc2C)oc2ccc(C(=O)OCC)cc2c1=O. The second-order valence-corrected chi connectivity index (χ2v) is 7.15. The molecule has 0 saturated carbocycles. The van der Waals surface area contributed by atoms with Crippen molar-refractivity contribution < 1.29 is 13.9 Å². The van der Waals surface area contributed by atoms with Crippen LogP contribution in [0.1, 0.15) is 58.6 Å². The molecule has 0 aliphatic heterocycles. The number of ether oxygens (including phenoxy) is 1. The third-order valence-electron chi connectivity index (χ3n) is 4.88. The van der Waals surface area contributed by atoms with Crippen molar-refractivity contribution in [3.05, 3.63) is 80.2 Å². The molecule has 4 nitrogen and oxygen atoms in total. The van der Waals surface area contributed by atoms with Gasteiger partial charge in [-0.15, -0.1) is 0 Å². The Morgan fingerprint density at radius 2 is 1.86 bits per heavy atom. The molecular formula is C25H26O4. The van der Waals surface area contributed by atoms with E-state index in [0.29, 0.717) is 34.3 Å². The van der Waals surface area contributed by atoms with Crippen molar-refractivity contribution in [3.8, 4) is 0 Å². The zero-order valence-electron chi connectivity index (χ0n) is 17.4. The maximum Gasteiger partial charge on any atom is 0.338 e. The van der Waals surface area contributed by atoms with Crippen molar-refractivity contribution in [1.82, 2.24) is 0 Å². The monoisotopic (exact) mass is 390 g/mol. The molecule has 150 valence electrons. The summed E-state index contributed by atoms with van der Waals surface area (Å²) < 4.78 is 11.1. The lowest BCUT2D eigenvalue weighted by Gasteiger charge is -2.08. The van der Waals surface area contributed by atoms with Gasteiger partial charge < -0.3 is 9.15 Å². The fourth-order valence-corrected chi connectivity index (χ4v) is 3.32. The van der Waals surface area contributed by atoms with Gasteiger partial charge in [-0.25, -0.2) is 4.79 Å². The summed E-state index contributed by atoms with van der Waals surface area (Å²) in [7, 11) is 0. The maximum absolute atomic E-state index is 13.2. The van der Waals surface area contributed by atoms with Gasteiger partial charge in [0.1, 0.15) is 11.3 Å². The normalized spacial score (nSPS) is 11.3. The Morgan fingerprint density at radius 1 is 1.07 bits per heavy atom. The van der Waals surface area contributed by atoms with Gasteiger partial charge in [-0.2, -0.15) is 0 Å². The lowest BCUT2D eigenvalue weighted by molar-refractivity contribution is 0.0526. The molecule has 0 fully saturated rings. The molecule has 3 aromatic rings. The molecule has 0 N–H and O–H groups in total. The second kappa shape index (κ2) is 8.91. The number of esters is 1. The van der Waals surface area contributed by atoms with E-state index >= 15 is 0 Å². The van der Waals surface area contributed by atoms with E-state index in [1.807, 2.05) is 19.1 Å². The first-order valence-corrected chi connectivity index (χ1v) is 9.96.